The Kier molecular flexibility index (Phi) is 6.92. The highest BCUT2D eigenvalue weighted by Gasteiger charge is 2.46. The average molecular weight is 588 g/mol. The number of carbonyl (C=O) groups excluding carboxylic acids is 1. The summed E-state index contributed by atoms with van der Waals surface area (Å²) in [7, 11) is 0. The van der Waals surface area contributed by atoms with Crippen LogP contribution >= 0.6 is 0 Å². The molecule has 0 aliphatic heterocycles. The summed E-state index contributed by atoms with van der Waals surface area (Å²) in [5.74, 6) is -1.80. The topological polar surface area (TPSA) is 83.4 Å². The lowest BCUT2D eigenvalue weighted by atomic mass is 10.0. The molecular weight excluding hydrogens is 562 g/mol. The molecule has 0 bridgehead atoms. The first-order valence-corrected chi connectivity index (χ1v) is 13.5. The van der Waals surface area contributed by atoms with Gasteiger partial charge in [-0.05, 0) is 84.6 Å². The molecule has 0 atom stereocenters. The van der Waals surface area contributed by atoms with Crippen LogP contribution in [0.25, 0.3) is 10.9 Å². The lowest BCUT2D eigenvalue weighted by molar-refractivity contribution is -0.137. The highest BCUT2D eigenvalue weighted by molar-refractivity contribution is 6.10. The molecule has 1 aromatic heterocycles. The molecule has 0 radical (unpaired) electrons. The zero-order chi connectivity index (χ0) is 30.4. The molecule has 10 heteroatoms. The summed E-state index contributed by atoms with van der Waals surface area (Å²) in [6.07, 6.45) is -1.33. The van der Waals surface area contributed by atoms with E-state index in [0.29, 0.717) is 46.2 Å². The van der Waals surface area contributed by atoms with Gasteiger partial charge >= 0.3 is 12.1 Å². The number of anilines is 2. The number of alkyl halides is 3. The number of fused-ring (bicyclic) bond motifs is 1. The van der Waals surface area contributed by atoms with Crippen LogP contribution in [0.1, 0.15) is 50.2 Å². The Morgan fingerprint density at radius 2 is 1.63 bits per heavy atom. The molecule has 1 aliphatic carbocycles. The molecule has 5 aromatic rings. The largest absolute Gasteiger partial charge is 0.478 e. The van der Waals surface area contributed by atoms with Crippen LogP contribution in [0.2, 0.25) is 0 Å². The zero-order valence-corrected chi connectivity index (χ0v) is 22.6. The van der Waals surface area contributed by atoms with Crippen molar-refractivity contribution in [3.05, 3.63) is 131 Å². The number of carboxylic acid groups (broad SMARTS) is 1. The Balaban J connectivity index is 1.36. The van der Waals surface area contributed by atoms with Gasteiger partial charge in [0, 0.05) is 29.5 Å². The number of benzene rings is 4. The lowest BCUT2D eigenvalue weighted by Gasteiger charge is -2.20. The Labute approximate surface area is 243 Å². The summed E-state index contributed by atoms with van der Waals surface area (Å²) < 4.78 is 55.0. The van der Waals surface area contributed by atoms with Crippen molar-refractivity contribution in [2.24, 2.45) is 0 Å². The first-order valence-electron chi connectivity index (χ1n) is 13.5. The van der Waals surface area contributed by atoms with Gasteiger partial charge in [-0.15, -0.1) is 0 Å². The maximum atomic E-state index is 13.9. The van der Waals surface area contributed by atoms with Crippen molar-refractivity contribution in [2.45, 2.75) is 31.1 Å². The van der Waals surface area contributed by atoms with Crippen LogP contribution in [0, 0.1) is 5.82 Å². The van der Waals surface area contributed by atoms with Gasteiger partial charge in [0.2, 0.25) is 0 Å². The van der Waals surface area contributed by atoms with Crippen molar-refractivity contribution in [2.75, 3.05) is 5.32 Å². The van der Waals surface area contributed by atoms with E-state index in [2.05, 4.69) is 10.6 Å². The van der Waals surface area contributed by atoms with Crippen LogP contribution in [-0.4, -0.2) is 21.6 Å². The first-order chi connectivity index (χ1) is 20.5. The Hall–Kier alpha value is -5.12. The van der Waals surface area contributed by atoms with Crippen molar-refractivity contribution < 1.29 is 32.3 Å². The van der Waals surface area contributed by atoms with Gasteiger partial charge in [-0.25, -0.2) is 9.18 Å². The summed E-state index contributed by atoms with van der Waals surface area (Å²) in [4.78, 5) is 25.1. The van der Waals surface area contributed by atoms with Crippen molar-refractivity contribution in [1.82, 2.24) is 9.88 Å². The van der Waals surface area contributed by atoms with Crippen LogP contribution in [0.4, 0.5) is 28.9 Å². The second-order valence-electron chi connectivity index (χ2n) is 10.6. The van der Waals surface area contributed by atoms with E-state index in [9.17, 15) is 32.3 Å². The molecule has 218 valence electrons. The molecule has 1 aliphatic rings. The summed E-state index contributed by atoms with van der Waals surface area (Å²) >= 11 is 0. The van der Waals surface area contributed by atoms with E-state index in [1.165, 1.54) is 36.4 Å². The van der Waals surface area contributed by atoms with Gasteiger partial charge < -0.3 is 20.3 Å². The number of aromatic nitrogens is 1. The number of rotatable bonds is 8. The van der Waals surface area contributed by atoms with Crippen molar-refractivity contribution in [3.8, 4) is 0 Å². The number of nitrogens with zero attached hydrogens (tertiary/aromatic N) is 1. The fourth-order valence-electron chi connectivity index (χ4n) is 5.29. The van der Waals surface area contributed by atoms with Gasteiger partial charge in [-0.3, -0.25) is 4.79 Å². The molecule has 3 N–H and O–H groups in total. The van der Waals surface area contributed by atoms with Crippen LogP contribution in [-0.2, 0) is 18.3 Å². The number of hydrogen-bond donors (Lipinski definition) is 3. The van der Waals surface area contributed by atoms with E-state index < -0.39 is 29.1 Å². The standard InChI is InChI=1S/C33H25F4N3O3/c34-24-2-1-3-25(18-24)38-28-13-12-27(30(41)39-32(15-16-32)22-10-6-21(7-11-22)31(42)43)29-26(28)14-17-40(29)19-20-4-8-23(9-5-20)33(35,36)37/h1-14,17-18,38H,15-16,19H2,(H,39,41)(H,42,43). The molecule has 0 saturated heterocycles. The number of aromatic carboxylic acids is 1. The zero-order valence-electron chi connectivity index (χ0n) is 22.6. The molecule has 6 nitrogen and oxygen atoms in total. The second kappa shape index (κ2) is 10.6. The molecule has 1 saturated carbocycles. The predicted octanol–water partition coefficient (Wildman–Crippen LogP) is 7.71. The van der Waals surface area contributed by atoms with Gasteiger partial charge in [0.25, 0.3) is 5.91 Å². The van der Waals surface area contributed by atoms with Gasteiger partial charge in [0.15, 0.2) is 0 Å². The number of amides is 1. The third-order valence-corrected chi connectivity index (χ3v) is 7.70. The number of nitrogens with one attached hydrogen (secondary N) is 2. The maximum Gasteiger partial charge on any atom is 0.416 e. The minimum absolute atomic E-state index is 0.148. The normalized spacial score (nSPS) is 14.0. The van der Waals surface area contributed by atoms with Crippen LogP contribution < -0.4 is 10.6 Å². The molecule has 1 heterocycles. The van der Waals surface area contributed by atoms with E-state index in [4.69, 9.17) is 0 Å². The highest BCUT2D eigenvalue weighted by Crippen LogP contribution is 2.46. The number of carboxylic acids is 1. The first kappa shape index (κ1) is 28.0. The van der Waals surface area contributed by atoms with Gasteiger partial charge in [-0.2, -0.15) is 13.2 Å². The van der Waals surface area contributed by atoms with Crippen molar-refractivity contribution in [1.29, 1.82) is 0 Å². The summed E-state index contributed by atoms with van der Waals surface area (Å²) in [5.41, 5.74) is 2.20. The predicted molar refractivity (Wildman–Crippen MR) is 154 cm³/mol. The molecule has 43 heavy (non-hydrogen) atoms. The van der Waals surface area contributed by atoms with E-state index in [-0.39, 0.29) is 18.0 Å². The third kappa shape index (κ3) is 5.68. The van der Waals surface area contributed by atoms with E-state index in [0.717, 1.165) is 17.7 Å². The number of hydrogen-bond acceptors (Lipinski definition) is 3. The minimum atomic E-state index is -4.45. The average Bonchev–Trinajstić information content (AvgIpc) is 3.64. The quantitative estimate of drug-likeness (QED) is 0.163. The summed E-state index contributed by atoms with van der Waals surface area (Å²) in [6, 6.07) is 22.4. The highest BCUT2D eigenvalue weighted by atomic mass is 19.4. The summed E-state index contributed by atoms with van der Waals surface area (Å²) in [5, 5.41) is 16.2. The minimum Gasteiger partial charge on any atom is -0.478 e. The van der Waals surface area contributed by atoms with Crippen LogP contribution in [0.5, 0.6) is 0 Å². The number of carbonyl (C=O) groups is 2. The van der Waals surface area contributed by atoms with Crippen LogP contribution in [0.3, 0.4) is 0 Å². The molecule has 4 aromatic carbocycles. The lowest BCUT2D eigenvalue weighted by Crippen LogP contribution is -2.35. The van der Waals surface area contributed by atoms with Gasteiger partial charge in [-0.1, -0.05) is 30.3 Å². The van der Waals surface area contributed by atoms with Gasteiger partial charge in [0.1, 0.15) is 5.82 Å². The van der Waals surface area contributed by atoms with E-state index >= 15 is 0 Å². The van der Waals surface area contributed by atoms with E-state index in [1.807, 2.05) is 0 Å². The molecule has 1 amide bonds. The smallest absolute Gasteiger partial charge is 0.416 e. The Morgan fingerprint density at radius 3 is 2.26 bits per heavy atom. The Morgan fingerprint density at radius 1 is 0.907 bits per heavy atom. The molecule has 0 spiro atoms. The molecule has 1 fully saturated rings. The van der Waals surface area contributed by atoms with Crippen LogP contribution in [0.15, 0.2) is 97.2 Å². The maximum absolute atomic E-state index is 13.9. The van der Waals surface area contributed by atoms with Crippen molar-refractivity contribution in [3.63, 3.8) is 0 Å². The fourth-order valence-corrected chi connectivity index (χ4v) is 5.29. The molecule has 6 rings (SSSR count). The third-order valence-electron chi connectivity index (χ3n) is 7.70. The van der Waals surface area contributed by atoms with Gasteiger partial charge in [0.05, 0.1) is 27.7 Å². The fraction of sp³-hybridized carbons (Fsp3) is 0.152. The molecular formula is C33H25F4N3O3. The Bertz CT molecular complexity index is 1840. The van der Waals surface area contributed by atoms with Crippen molar-refractivity contribution >= 4 is 34.2 Å². The SMILES string of the molecule is O=C(O)c1ccc(C2(NC(=O)c3ccc(Nc4cccc(F)c4)c4ccn(Cc5ccc(C(F)(F)F)cc5)c34)CC2)cc1. The number of halogens is 4. The van der Waals surface area contributed by atoms with E-state index in [1.54, 1.807) is 53.2 Å². The monoisotopic (exact) mass is 587 g/mol. The summed E-state index contributed by atoms with van der Waals surface area (Å²) in [6.45, 7) is 0.202. The molecule has 0 unspecified atom stereocenters. The second-order valence-corrected chi connectivity index (χ2v) is 10.6.